The Bertz CT molecular complexity index is 436. The second kappa shape index (κ2) is 4.94. The Hall–Kier alpha value is -1.62. The number of aromatic nitrogens is 1. The molecule has 1 aromatic rings. The van der Waals surface area contributed by atoms with Gasteiger partial charge in [-0.15, -0.1) is 0 Å². The number of carbonyl (C=O) groups is 1. The summed E-state index contributed by atoms with van der Waals surface area (Å²) in [6, 6.07) is 5.55. The maximum Gasteiger partial charge on any atom is 0.413 e. The summed E-state index contributed by atoms with van der Waals surface area (Å²) in [6.07, 6.45) is -0.489. The number of anilines is 1. The summed E-state index contributed by atoms with van der Waals surface area (Å²) in [7, 11) is 0. The van der Waals surface area contributed by atoms with Crippen molar-refractivity contribution in [1.82, 2.24) is 4.98 Å². The standard InChI is InChI=1S/C13H18N2O3/c1-13(2,3)18-12(16)15-11-6-4-5-10(14-11)9-7-17-8-9/h4-6,9H,7-8H2,1-3H3,(H,14,15,16). The van der Waals surface area contributed by atoms with E-state index in [-0.39, 0.29) is 0 Å². The fourth-order valence-corrected chi connectivity index (χ4v) is 1.56. The van der Waals surface area contributed by atoms with E-state index in [0.717, 1.165) is 5.69 Å². The molecule has 0 aliphatic carbocycles. The zero-order valence-electron chi connectivity index (χ0n) is 10.9. The van der Waals surface area contributed by atoms with Gasteiger partial charge in [-0.2, -0.15) is 0 Å². The summed E-state index contributed by atoms with van der Waals surface area (Å²) in [5.41, 5.74) is 0.429. The molecule has 1 aromatic heterocycles. The first-order chi connectivity index (χ1) is 8.44. The molecule has 1 amide bonds. The Morgan fingerprint density at radius 3 is 2.72 bits per heavy atom. The van der Waals surface area contributed by atoms with E-state index in [1.54, 1.807) is 6.07 Å². The lowest BCUT2D eigenvalue weighted by molar-refractivity contribution is 0.00677. The summed E-state index contributed by atoms with van der Waals surface area (Å²) in [5.74, 6) is 0.846. The first kappa shape index (κ1) is 12.8. The van der Waals surface area contributed by atoms with E-state index in [1.165, 1.54) is 0 Å². The van der Waals surface area contributed by atoms with E-state index in [4.69, 9.17) is 9.47 Å². The van der Waals surface area contributed by atoms with Crippen molar-refractivity contribution in [2.24, 2.45) is 0 Å². The summed E-state index contributed by atoms with van der Waals surface area (Å²) in [4.78, 5) is 16.0. The van der Waals surface area contributed by atoms with Gasteiger partial charge in [0.1, 0.15) is 11.4 Å². The van der Waals surface area contributed by atoms with Crippen LogP contribution in [0, 0.1) is 0 Å². The number of nitrogens with one attached hydrogen (secondary N) is 1. The Morgan fingerprint density at radius 2 is 2.17 bits per heavy atom. The third kappa shape index (κ3) is 3.43. The first-order valence-electron chi connectivity index (χ1n) is 5.99. The lowest BCUT2D eigenvalue weighted by atomic mass is 10.0. The van der Waals surface area contributed by atoms with E-state index < -0.39 is 11.7 Å². The third-order valence-electron chi connectivity index (χ3n) is 2.46. The molecule has 2 rings (SSSR count). The highest BCUT2D eigenvalue weighted by Gasteiger charge is 2.22. The van der Waals surface area contributed by atoms with Crippen molar-refractivity contribution < 1.29 is 14.3 Å². The van der Waals surface area contributed by atoms with Gasteiger partial charge in [0, 0.05) is 5.92 Å². The van der Waals surface area contributed by atoms with Gasteiger partial charge in [0.2, 0.25) is 0 Å². The molecule has 0 unspecified atom stereocenters. The molecule has 2 heterocycles. The molecule has 1 saturated heterocycles. The average Bonchev–Trinajstić information content (AvgIpc) is 2.11. The minimum Gasteiger partial charge on any atom is -0.444 e. The van der Waals surface area contributed by atoms with Gasteiger partial charge in [-0.3, -0.25) is 5.32 Å². The molecule has 1 aliphatic rings. The van der Waals surface area contributed by atoms with E-state index in [2.05, 4.69) is 10.3 Å². The largest absolute Gasteiger partial charge is 0.444 e. The summed E-state index contributed by atoms with van der Waals surface area (Å²) in [5, 5.41) is 2.63. The van der Waals surface area contributed by atoms with Crippen molar-refractivity contribution in [3.8, 4) is 0 Å². The van der Waals surface area contributed by atoms with E-state index in [9.17, 15) is 4.79 Å². The number of nitrogens with zero attached hydrogens (tertiary/aromatic N) is 1. The van der Waals surface area contributed by atoms with Crippen molar-refractivity contribution in [2.75, 3.05) is 18.5 Å². The van der Waals surface area contributed by atoms with Crippen molar-refractivity contribution in [3.05, 3.63) is 23.9 Å². The lowest BCUT2D eigenvalue weighted by Crippen LogP contribution is -2.28. The molecule has 0 bridgehead atoms. The van der Waals surface area contributed by atoms with Crippen LogP contribution < -0.4 is 5.32 Å². The summed E-state index contributed by atoms with van der Waals surface area (Å²) >= 11 is 0. The number of hydrogen-bond donors (Lipinski definition) is 1. The molecule has 0 aromatic carbocycles. The number of carbonyl (C=O) groups excluding carboxylic acids is 1. The SMILES string of the molecule is CC(C)(C)OC(=O)Nc1cccc(C2COC2)n1. The number of hydrogen-bond acceptors (Lipinski definition) is 4. The zero-order chi connectivity index (χ0) is 13.2. The van der Waals surface area contributed by atoms with Crippen LogP contribution in [0.3, 0.4) is 0 Å². The van der Waals surface area contributed by atoms with E-state index >= 15 is 0 Å². The van der Waals surface area contributed by atoms with Gasteiger partial charge in [-0.1, -0.05) is 6.07 Å². The molecule has 5 heteroatoms. The van der Waals surface area contributed by atoms with Crippen LogP contribution >= 0.6 is 0 Å². The predicted octanol–water partition coefficient (Wildman–Crippen LogP) is 2.54. The summed E-state index contributed by atoms with van der Waals surface area (Å²) < 4.78 is 10.3. The van der Waals surface area contributed by atoms with Gasteiger partial charge < -0.3 is 9.47 Å². The molecule has 1 N–H and O–H groups in total. The second-order valence-corrected chi connectivity index (χ2v) is 5.31. The van der Waals surface area contributed by atoms with Crippen molar-refractivity contribution in [1.29, 1.82) is 0 Å². The number of amides is 1. The first-order valence-corrected chi connectivity index (χ1v) is 5.99. The minimum atomic E-state index is -0.510. The van der Waals surface area contributed by atoms with Crippen LogP contribution in [-0.2, 0) is 9.47 Å². The predicted molar refractivity (Wildman–Crippen MR) is 67.7 cm³/mol. The Balaban J connectivity index is 1.98. The highest BCUT2D eigenvalue weighted by atomic mass is 16.6. The maximum absolute atomic E-state index is 11.6. The van der Waals surface area contributed by atoms with Crippen molar-refractivity contribution in [3.63, 3.8) is 0 Å². The fourth-order valence-electron chi connectivity index (χ4n) is 1.56. The average molecular weight is 250 g/mol. The van der Waals surface area contributed by atoms with Gasteiger partial charge in [-0.25, -0.2) is 9.78 Å². The summed E-state index contributed by atoms with van der Waals surface area (Å²) in [6.45, 7) is 6.86. The Morgan fingerprint density at radius 1 is 1.44 bits per heavy atom. The van der Waals surface area contributed by atoms with Gasteiger partial charge in [0.25, 0.3) is 0 Å². The monoisotopic (exact) mass is 250 g/mol. The van der Waals surface area contributed by atoms with Crippen LogP contribution in [0.1, 0.15) is 32.4 Å². The molecule has 1 fully saturated rings. The topological polar surface area (TPSA) is 60.5 Å². The van der Waals surface area contributed by atoms with Gasteiger partial charge in [-0.05, 0) is 32.9 Å². The number of rotatable bonds is 2. The minimum absolute atomic E-state index is 0.338. The highest BCUT2D eigenvalue weighted by molar-refractivity contribution is 5.83. The maximum atomic E-state index is 11.6. The molecule has 5 nitrogen and oxygen atoms in total. The third-order valence-corrected chi connectivity index (χ3v) is 2.46. The lowest BCUT2D eigenvalue weighted by Gasteiger charge is -2.25. The molecule has 0 radical (unpaired) electrons. The van der Waals surface area contributed by atoms with Gasteiger partial charge >= 0.3 is 6.09 Å². The quantitative estimate of drug-likeness (QED) is 0.876. The Labute approximate surface area is 107 Å². The van der Waals surface area contributed by atoms with Crippen LogP contribution in [0.5, 0.6) is 0 Å². The van der Waals surface area contributed by atoms with E-state index in [1.807, 2.05) is 32.9 Å². The second-order valence-electron chi connectivity index (χ2n) is 5.31. The van der Waals surface area contributed by atoms with Gasteiger partial charge in [0.05, 0.1) is 18.9 Å². The fraction of sp³-hybridized carbons (Fsp3) is 0.538. The Kier molecular flexibility index (Phi) is 3.52. The van der Waals surface area contributed by atoms with Crippen molar-refractivity contribution >= 4 is 11.9 Å². The molecule has 98 valence electrons. The number of ether oxygens (including phenoxy) is 2. The molecule has 0 saturated carbocycles. The van der Waals surface area contributed by atoms with Gasteiger partial charge in [0.15, 0.2) is 0 Å². The number of pyridine rings is 1. The molecular weight excluding hydrogens is 232 g/mol. The molecule has 0 spiro atoms. The zero-order valence-corrected chi connectivity index (χ0v) is 10.9. The molecular formula is C13H18N2O3. The smallest absolute Gasteiger partial charge is 0.413 e. The van der Waals surface area contributed by atoms with E-state index in [0.29, 0.717) is 24.9 Å². The van der Waals surface area contributed by atoms with Crippen LogP contribution in [0.2, 0.25) is 0 Å². The van der Waals surface area contributed by atoms with Crippen LogP contribution in [-0.4, -0.2) is 29.9 Å². The highest BCUT2D eigenvalue weighted by Crippen LogP contribution is 2.23. The van der Waals surface area contributed by atoms with Crippen LogP contribution in [0.4, 0.5) is 10.6 Å². The normalized spacial score (nSPS) is 15.9. The van der Waals surface area contributed by atoms with Crippen LogP contribution in [0.25, 0.3) is 0 Å². The molecule has 1 aliphatic heterocycles. The van der Waals surface area contributed by atoms with Crippen LogP contribution in [0.15, 0.2) is 18.2 Å². The van der Waals surface area contributed by atoms with Crippen molar-refractivity contribution in [2.45, 2.75) is 32.3 Å². The molecule has 0 atom stereocenters. The molecule has 18 heavy (non-hydrogen) atoms.